The van der Waals surface area contributed by atoms with Crippen LogP contribution >= 0.6 is 0 Å². The molecule has 3 nitrogen and oxygen atoms in total. The molecule has 2 aromatic rings. The van der Waals surface area contributed by atoms with E-state index in [-0.39, 0.29) is 5.82 Å². The van der Waals surface area contributed by atoms with Gasteiger partial charge in [0.05, 0.1) is 11.2 Å². The van der Waals surface area contributed by atoms with Gasteiger partial charge in [-0.3, -0.25) is 10.8 Å². The number of nitrogen functional groups attached to an aromatic ring is 1. The van der Waals surface area contributed by atoms with Crippen molar-refractivity contribution in [2.75, 3.05) is 5.43 Å². The molecule has 0 aliphatic carbocycles. The van der Waals surface area contributed by atoms with Crippen LogP contribution in [0.15, 0.2) is 24.3 Å². The summed E-state index contributed by atoms with van der Waals surface area (Å²) in [4.78, 5) is 4.40. The highest BCUT2D eigenvalue weighted by molar-refractivity contribution is 5.91. The van der Waals surface area contributed by atoms with Gasteiger partial charge in [0.25, 0.3) is 0 Å². The number of pyridine rings is 1. The van der Waals surface area contributed by atoms with Crippen LogP contribution in [0, 0.1) is 5.82 Å². The van der Waals surface area contributed by atoms with Gasteiger partial charge in [-0.25, -0.2) is 4.39 Å². The third-order valence-electron chi connectivity index (χ3n) is 2.49. The molecule has 0 spiro atoms. The van der Waals surface area contributed by atoms with Gasteiger partial charge < -0.3 is 5.43 Å². The highest BCUT2D eigenvalue weighted by atomic mass is 19.1. The molecule has 0 unspecified atom stereocenters. The topological polar surface area (TPSA) is 50.9 Å². The van der Waals surface area contributed by atoms with Crippen LogP contribution in [0.25, 0.3) is 10.9 Å². The maximum Gasteiger partial charge on any atom is 0.125 e. The fourth-order valence-electron chi connectivity index (χ4n) is 1.76. The molecule has 2 rings (SSSR count). The van der Waals surface area contributed by atoms with Crippen molar-refractivity contribution < 1.29 is 4.39 Å². The summed E-state index contributed by atoms with van der Waals surface area (Å²) in [6.07, 6.45) is 1.86. The molecule has 0 amide bonds. The first-order valence-electron chi connectivity index (χ1n) is 5.30. The minimum Gasteiger partial charge on any atom is -0.323 e. The molecule has 4 heteroatoms. The van der Waals surface area contributed by atoms with Gasteiger partial charge in [0.15, 0.2) is 0 Å². The molecule has 0 bridgehead atoms. The lowest BCUT2D eigenvalue weighted by Gasteiger charge is -2.08. The Morgan fingerprint density at radius 2 is 2.19 bits per heavy atom. The van der Waals surface area contributed by atoms with Crippen LogP contribution in [0.4, 0.5) is 10.1 Å². The SMILES string of the molecule is CCCc1cc(NN)c2ccc(F)cc2n1. The van der Waals surface area contributed by atoms with E-state index >= 15 is 0 Å². The largest absolute Gasteiger partial charge is 0.323 e. The molecule has 0 atom stereocenters. The van der Waals surface area contributed by atoms with Crippen LogP contribution in [0.2, 0.25) is 0 Å². The molecule has 0 aliphatic heterocycles. The molecule has 0 aliphatic rings. The van der Waals surface area contributed by atoms with Crippen LogP contribution in [-0.2, 0) is 6.42 Å². The molecule has 0 saturated heterocycles. The van der Waals surface area contributed by atoms with Crippen molar-refractivity contribution in [1.82, 2.24) is 4.98 Å². The van der Waals surface area contributed by atoms with Crippen LogP contribution in [0.1, 0.15) is 19.0 Å². The van der Waals surface area contributed by atoms with Crippen molar-refractivity contribution in [3.05, 3.63) is 35.8 Å². The molecule has 1 aromatic heterocycles. The Kier molecular flexibility index (Phi) is 3.01. The van der Waals surface area contributed by atoms with Crippen LogP contribution < -0.4 is 11.3 Å². The number of halogens is 1. The number of hydrazine groups is 1. The van der Waals surface area contributed by atoms with Gasteiger partial charge in [0.1, 0.15) is 5.82 Å². The van der Waals surface area contributed by atoms with Crippen molar-refractivity contribution in [2.45, 2.75) is 19.8 Å². The number of aromatic nitrogens is 1. The van der Waals surface area contributed by atoms with Crippen molar-refractivity contribution in [3.8, 4) is 0 Å². The van der Waals surface area contributed by atoms with Gasteiger partial charge in [-0.15, -0.1) is 0 Å². The number of anilines is 1. The fourth-order valence-corrected chi connectivity index (χ4v) is 1.76. The Morgan fingerprint density at radius 3 is 2.88 bits per heavy atom. The molecule has 1 heterocycles. The average molecular weight is 219 g/mol. The number of benzene rings is 1. The molecule has 0 radical (unpaired) electrons. The normalized spacial score (nSPS) is 10.7. The van der Waals surface area contributed by atoms with E-state index in [0.29, 0.717) is 5.52 Å². The summed E-state index contributed by atoms with van der Waals surface area (Å²) in [5.74, 6) is 5.17. The molecule has 3 N–H and O–H groups in total. The minimum atomic E-state index is -0.281. The highest BCUT2D eigenvalue weighted by Crippen LogP contribution is 2.23. The van der Waals surface area contributed by atoms with E-state index in [1.807, 2.05) is 6.07 Å². The van der Waals surface area contributed by atoms with E-state index in [1.54, 1.807) is 6.07 Å². The van der Waals surface area contributed by atoms with Crippen molar-refractivity contribution in [1.29, 1.82) is 0 Å². The van der Waals surface area contributed by atoms with Crippen molar-refractivity contribution in [3.63, 3.8) is 0 Å². The standard InChI is InChI=1S/C12H14FN3/c1-2-3-9-7-12(16-14)10-5-4-8(13)6-11(10)15-9/h4-7H,2-3,14H2,1H3,(H,15,16). The van der Waals surface area contributed by atoms with Gasteiger partial charge in [-0.2, -0.15) is 0 Å². The van der Waals surface area contributed by atoms with Crippen molar-refractivity contribution in [2.24, 2.45) is 5.84 Å². The molecule has 0 saturated carbocycles. The zero-order valence-corrected chi connectivity index (χ0v) is 9.13. The molecule has 0 fully saturated rings. The van der Waals surface area contributed by atoms with E-state index in [9.17, 15) is 4.39 Å². The summed E-state index contributed by atoms with van der Waals surface area (Å²) in [6.45, 7) is 2.08. The number of rotatable bonds is 3. The van der Waals surface area contributed by atoms with Gasteiger partial charge in [0, 0.05) is 17.1 Å². The molecular formula is C12H14FN3. The Bertz CT molecular complexity index is 511. The van der Waals surface area contributed by atoms with Crippen LogP contribution in [0.3, 0.4) is 0 Å². The Hall–Kier alpha value is -1.68. The number of aryl methyl sites for hydroxylation is 1. The van der Waals surface area contributed by atoms with E-state index < -0.39 is 0 Å². The van der Waals surface area contributed by atoms with Gasteiger partial charge in [-0.05, 0) is 24.6 Å². The Labute approximate surface area is 93.5 Å². The van der Waals surface area contributed by atoms with E-state index in [2.05, 4.69) is 17.3 Å². The second-order valence-electron chi connectivity index (χ2n) is 3.72. The first kappa shape index (κ1) is 10.8. The van der Waals surface area contributed by atoms with Gasteiger partial charge in [-0.1, -0.05) is 13.3 Å². The number of hydrogen-bond donors (Lipinski definition) is 2. The summed E-state index contributed by atoms with van der Waals surface area (Å²) in [6, 6.07) is 6.42. The predicted molar refractivity (Wildman–Crippen MR) is 63.5 cm³/mol. The smallest absolute Gasteiger partial charge is 0.125 e. The number of nitrogens with one attached hydrogen (secondary N) is 1. The lowest BCUT2D eigenvalue weighted by molar-refractivity contribution is 0.629. The third kappa shape index (κ3) is 1.97. The summed E-state index contributed by atoms with van der Waals surface area (Å²) in [7, 11) is 0. The van der Waals surface area contributed by atoms with Crippen LogP contribution in [-0.4, -0.2) is 4.98 Å². The second-order valence-corrected chi connectivity index (χ2v) is 3.72. The van der Waals surface area contributed by atoms with E-state index in [4.69, 9.17) is 5.84 Å². The quantitative estimate of drug-likeness (QED) is 0.616. The summed E-state index contributed by atoms with van der Waals surface area (Å²) < 4.78 is 13.1. The van der Waals surface area contributed by atoms with Crippen molar-refractivity contribution >= 4 is 16.6 Å². The molecule has 84 valence electrons. The molecule has 16 heavy (non-hydrogen) atoms. The summed E-state index contributed by atoms with van der Waals surface area (Å²) in [5.41, 5.74) is 4.97. The van der Waals surface area contributed by atoms with E-state index in [1.165, 1.54) is 12.1 Å². The molecular weight excluding hydrogens is 205 g/mol. The number of hydrogen-bond acceptors (Lipinski definition) is 3. The van der Waals surface area contributed by atoms with E-state index in [0.717, 1.165) is 29.6 Å². The summed E-state index contributed by atoms with van der Waals surface area (Å²) >= 11 is 0. The number of nitrogens with two attached hydrogens (primary N) is 1. The zero-order valence-electron chi connectivity index (χ0n) is 9.13. The van der Waals surface area contributed by atoms with Gasteiger partial charge in [0.2, 0.25) is 0 Å². The third-order valence-corrected chi connectivity index (χ3v) is 2.49. The Balaban J connectivity index is 2.63. The zero-order chi connectivity index (χ0) is 11.5. The minimum absolute atomic E-state index is 0.281. The first-order valence-corrected chi connectivity index (χ1v) is 5.30. The second kappa shape index (κ2) is 4.45. The predicted octanol–water partition coefficient (Wildman–Crippen LogP) is 2.61. The molecule has 1 aromatic carbocycles. The lowest BCUT2D eigenvalue weighted by Crippen LogP contribution is -2.08. The lowest BCUT2D eigenvalue weighted by atomic mass is 10.1. The average Bonchev–Trinajstić information content (AvgIpc) is 2.27. The first-order chi connectivity index (χ1) is 7.74. The maximum absolute atomic E-state index is 13.1. The Morgan fingerprint density at radius 1 is 1.38 bits per heavy atom. The monoisotopic (exact) mass is 219 g/mol. The number of fused-ring (bicyclic) bond motifs is 1. The highest BCUT2D eigenvalue weighted by Gasteiger charge is 2.05. The summed E-state index contributed by atoms with van der Waals surface area (Å²) in [5, 5.41) is 0.837. The van der Waals surface area contributed by atoms with Crippen LogP contribution in [0.5, 0.6) is 0 Å². The number of nitrogens with zero attached hydrogens (tertiary/aromatic N) is 1. The maximum atomic E-state index is 13.1. The van der Waals surface area contributed by atoms with Gasteiger partial charge >= 0.3 is 0 Å². The fraction of sp³-hybridized carbons (Fsp3) is 0.250.